The van der Waals surface area contributed by atoms with Gasteiger partial charge in [-0.3, -0.25) is 0 Å². The van der Waals surface area contributed by atoms with Crippen molar-refractivity contribution in [3.63, 3.8) is 0 Å². The van der Waals surface area contributed by atoms with Crippen molar-refractivity contribution in [1.82, 2.24) is 0 Å². The molecule has 0 aromatic rings. The van der Waals surface area contributed by atoms with Crippen molar-refractivity contribution in [3.05, 3.63) is 0 Å². The molecular formula is C17H34O. The van der Waals surface area contributed by atoms with Crippen LogP contribution in [0.15, 0.2) is 0 Å². The van der Waals surface area contributed by atoms with Gasteiger partial charge in [-0.2, -0.15) is 0 Å². The first-order valence-electron chi connectivity index (χ1n) is 7.87. The van der Waals surface area contributed by atoms with Gasteiger partial charge in [0.25, 0.3) is 0 Å². The van der Waals surface area contributed by atoms with Crippen LogP contribution in [-0.4, -0.2) is 10.7 Å². The molecule has 1 fully saturated rings. The Balaban J connectivity index is 2.73. The van der Waals surface area contributed by atoms with E-state index < -0.39 is 5.60 Å². The summed E-state index contributed by atoms with van der Waals surface area (Å²) in [6.07, 6.45) is 6.94. The van der Waals surface area contributed by atoms with Crippen LogP contribution in [0.25, 0.3) is 0 Å². The summed E-state index contributed by atoms with van der Waals surface area (Å²) in [4.78, 5) is 0. The fourth-order valence-corrected chi connectivity index (χ4v) is 4.20. The molecule has 1 N–H and O–H groups in total. The highest BCUT2D eigenvalue weighted by Crippen LogP contribution is 2.47. The fourth-order valence-electron chi connectivity index (χ4n) is 4.20. The smallest absolute Gasteiger partial charge is 0.0683 e. The molecule has 0 bridgehead atoms. The molecule has 0 spiro atoms. The van der Waals surface area contributed by atoms with Gasteiger partial charge in [-0.25, -0.2) is 0 Å². The lowest BCUT2D eigenvalue weighted by Gasteiger charge is -2.48. The van der Waals surface area contributed by atoms with Crippen molar-refractivity contribution >= 4 is 0 Å². The van der Waals surface area contributed by atoms with Gasteiger partial charge in [0.2, 0.25) is 0 Å². The molecule has 1 saturated carbocycles. The lowest BCUT2D eigenvalue weighted by Crippen LogP contribution is -2.47. The van der Waals surface area contributed by atoms with E-state index in [0.29, 0.717) is 11.8 Å². The summed E-state index contributed by atoms with van der Waals surface area (Å²) in [6.45, 7) is 13.8. The maximum atomic E-state index is 11.1. The van der Waals surface area contributed by atoms with Gasteiger partial charge in [0.05, 0.1) is 5.60 Å². The van der Waals surface area contributed by atoms with Crippen LogP contribution in [0.2, 0.25) is 0 Å². The molecule has 0 aromatic carbocycles. The molecule has 1 aliphatic rings. The SMILES string of the molecule is CC(C)CC(C)CC1(O)CCCCC1C(C)(C)C. The molecular weight excluding hydrogens is 220 g/mol. The molecule has 108 valence electrons. The maximum absolute atomic E-state index is 11.1. The van der Waals surface area contributed by atoms with Crippen LogP contribution in [0.5, 0.6) is 0 Å². The van der Waals surface area contributed by atoms with Crippen molar-refractivity contribution in [1.29, 1.82) is 0 Å². The predicted molar refractivity (Wildman–Crippen MR) is 79.6 cm³/mol. The molecule has 0 radical (unpaired) electrons. The number of rotatable bonds is 4. The summed E-state index contributed by atoms with van der Waals surface area (Å²) in [6, 6.07) is 0. The second-order valence-corrected chi connectivity index (χ2v) is 8.21. The van der Waals surface area contributed by atoms with Crippen molar-refractivity contribution in [3.8, 4) is 0 Å². The molecule has 0 amide bonds. The largest absolute Gasteiger partial charge is 0.390 e. The Morgan fingerprint density at radius 1 is 1.17 bits per heavy atom. The zero-order valence-corrected chi connectivity index (χ0v) is 13.4. The van der Waals surface area contributed by atoms with E-state index in [9.17, 15) is 5.11 Å². The van der Waals surface area contributed by atoms with E-state index in [-0.39, 0.29) is 5.41 Å². The fraction of sp³-hybridized carbons (Fsp3) is 1.00. The van der Waals surface area contributed by atoms with Crippen LogP contribution >= 0.6 is 0 Å². The molecule has 3 unspecified atom stereocenters. The quantitative estimate of drug-likeness (QED) is 0.746. The van der Waals surface area contributed by atoms with Gasteiger partial charge >= 0.3 is 0 Å². The zero-order valence-electron chi connectivity index (χ0n) is 13.4. The molecule has 18 heavy (non-hydrogen) atoms. The van der Waals surface area contributed by atoms with Gasteiger partial charge in [0, 0.05) is 0 Å². The minimum atomic E-state index is -0.412. The minimum absolute atomic E-state index is 0.229. The van der Waals surface area contributed by atoms with Gasteiger partial charge in [-0.15, -0.1) is 0 Å². The molecule has 0 heterocycles. The molecule has 1 nitrogen and oxygen atoms in total. The topological polar surface area (TPSA) is 20.2 Å². The lowest BCUT2D eigenvalue weighted by atomic mass is 9.61. The van der Waals surface area contributed by atoms with E-state index in [1.807, 2.05) is 0 Å². The highest BCUT2D eigenvalue weighted by atomic mass is 16.3. The van der Waals surface area contributed by atoms with E-state index in [4.69, 9.17) is 0 Å². The number of hydrogen-bond acceptors (Lipinski definition) is 1. The van der Waals surface area contributed by atoms with Gasteiger partial charge in [-0.1, -0.05) is 54.4 Å². The summed E-state index contributed by atoms with van der Waals surface area (Å²) in [5, 5.41) is 11.1. The van der Waals surface area contributed by atoms with Crippen LogP contribution in [0.1, 0.15) is 80.1 Å². The summed E-state index contributed by atoms with van der Waals surface area (Å²) in [5.41, 5.74) is -0.183. The highest BCUT2D eigenvalue weighted by molar-refractivity contribution is 4.96. The zero-order chi connectivity index (χ0) is 14.0. The first-order chi connectivity index (χ1) is 8.15. The minimum Gasteiger partial charge on any atom is -0.390 e. The monoisotopic (exact) mass is 254 g/mol. The third kappa shape index (κ3) is 4.26. The van der Waals surface area contributed by atoms with Gasteiger partial charge in [0.15, 0.2) is 0 Å². The van der Waals surface area contributed by atoms with Crippen molar-refractivity contribution < 1.29 is 5.11 Å². The van der Waals surface area contributed by atoms with Crippen LogP contribution < -0.4 is 0 Å². The Kier molecular flexibility index (Phi) is 5.29. The van der Waals surface area contributed by atoms with E-state index in [2.05, 4.69) is 41.5 Å². The summed E-state index contributed by atoms with van der Waals surface area (Å²) in [5.74, 6) is 1.84. The van der Waals surface area contributed by atoms with E-state index in [1.165, 1.54) is 25.7 Å². The molecule has 3 atom stereocenters. The molecule has 1 rings (SSSR count). The third-order valence-corrected chi connectivity index (χ3v) is 4.62. The van der Waals surface area contributed by atoms with Gasteiger partial charge in [-0.05, 0) is 48.9 Å². The highest BCUT2D eigenvalue weighted by Gasteiger charge is 2.45. The first kappa shape index (κ1) is 16.0. The molecule has 1 heteroatoms. The average Bonchev–Trinajstić information content (AvgIpc) is 2.13. The van der Waals surface area contributed by atoms with Gasteiger partial charge in [0.1, 0.15) is 0 Å². The standard InChI is InChI=1S/C17H34O/c1-13(2)11-14(3)12-17(18)10-8-7-9-15(17)16(4,5)6/h13-15,18H,7-12H2,1-6H3. The van der Waals surface area contributed by atoms with Crippen LogP contribution in [-0.2, 0) is 0 Å². The molecule has 0 saturated heterocycles. The van der Waals surface area contributed by atoms with Crippen molar-refractivity contribution in [2.45, 2.75) is 85.7 Å². The van der Waals surface area contributed by atoms with Crippen molar-refractivity contribution in [2.24, 2.45) is 23.2 Å². The summed E-state index contributed by atoms with van der Waals surface area (Å²) < 4.78 is 0. The van der Waals surface area contributed by atoms with Crippen LogP contribution in [0, 0.1) is 23.2 Å². The van der Waals surface area contributed by atoms with E-state index in [1.54, 1.807) is 0 Å². The number of aliphatic hydroxyl groups is 1. The normalized spacial score (nSPS) is 31.7. The van der Waals surface area contributed by atoms with Crippen LogP contribution in [0.4, 0.5) is 0 Å². The first-order valence-corrected chi connectivity index (χ1v) is 7.87. The van der Waals surface area contributed by atoms with E-state index in [0.717, 1.165) is 18.8 Å². The lowest BCUT2D eigenvalue weighted by molar-refractivity contribution is -0.104. The number of hydrogen-bond donors (Lipinski definition) is 1. The molecule has 1 aliphatic carbocycles. The maximum Gasteiger partial charge on any atom is 0.0683 e. The van der Waals surface area contributed by atoms with Crippen molar-refractivity contribution in [2.75, 3.05) is 0 Å². The Labute approximate surface area is 114 Å². The Hall–Kier alpha value is -0.0400. The second kappa shape index (κ2) is 5.94. The van der Waals surface area contributed by atoms with E-state index >= 15 is 0 Å². The molecule has 0 aliphatic heterocycles. The van der Waals surface area contributed by atoms with Gasteiger partial charge < -0.3 is 5.11 Å². The second-order valence-electron chi connectivity index (χ2n) is 8.21. The Morgan fingerprint density at radius 3 is 2.28 bits per heavy atom. The average molecular weight is 254 g/mol. The Morgan fingerprint density at radius 2 is 1.78 bits per heavy atom. The Bertz CT molecular complexity index is 251. The molecule has 0 aromatic heterocycles. The predicted octanol–water partition coefficient (Wildman–Crippen LogP) is 5.03. The summed E-state index contributed by atoms with van der Waals surface area (Å²) >= 11 is 0. The van der Waals surface area contributed by atoms with Crippen LogP contribution in [0.3, 0.4) is 0 Å². The third-order valence-electron chi connectivity index (χ3n) is 4.62. The summed E-state index contributed by atoms with van der Waals surface area (Å²) in [7, 11) is 0.